The molecule has 0 bridgehead atoms. The van der Waals surface area contributed by atoms with Gasteiger partial charge in [-0.3, -0.25) is 14.8 Å². The number of amides is 1. The summed E-state index contributed by atoms with van der Waals surface area (Å²) in [5.41, 5.74) is 2.06. The van der Waals surface area contributed by atoms with E-state index in [2.05, 4.69) is 44.4 Å². The monoisotopic (exact) mass is 494 g/mol. The van der Waals surface area contributed by atoms with Crippen LogP contribution in [0.1, 0.15) is 41.4 Å². The Bertz CT molecular complexity index is 1390. The lowest BCUT2D eigenvalue weighted by atomic mass is 9.87. The molecule has 4 aromatic rings. The summed E-state index contributed by atoms with van der Waals surface area (Å²) in [7, 11) is 1.59. The van der Waals surface area contributed by atoms with E-state index in [0.717, 1.165) is 28.7 Å². The highest BCUT2D eigenvalue weighted by molar-refractivity contribution is 6.06. The molecule has 3 heterocycles. The van der Waals surface area contributed by atoms with Crippen LogP contribution in [0, 0.1) is 5.92 Å². The molecule has 0 aliphatic rings. The first-order valence-electron chi connectivity index (χ1n) is 11.4. The molecule has 3 aromatic heterocycles. The number of nitrogens with zero attached hydrogens (tertiary/aromatic N) is 4. The van der Waals surface area contributed by atoms with Gasteiger partial charge < -0.3 is 10.6 Å². The number of carbonyl (C=O) groups excluding carboxylic acids is 1. The van der Waals surface area contributed by atoms with Crippen LogP contribution in [0.25, 0.3) is 22.2 Å². The van der Waals surface area contributed by atoms with Gasteiger partial charge in [0.2, 0.25) is 0 Å². The molecule has 1 aromatic carbocycles. The zero-order valence-corrected chi connectivity index (χ0v) is 20.0. The molecule has 2 N–H and O–H groups in total. The minimum Gasteiger partial charge on any atom is -0.370 e. The fraction of sp³-hybridized carbons (Fsp3) is 0.269. The van der Waals surface area contributed by atoms with Crippen molar-refractivity contribution in [1.29, 1.82) is 0 Å². The van der Waals surface area contributed by atoms with Crippen molar-refractivity contribution in [2.24, 2.45) is 5.92 Å². The average molecular weight is 495 g/mol. The number of benzene rings is 1. The summed E-state index contributed by atoms with van der Waals surface area (Å²) in [4.78, 5) is 28.6. The minimum atomic E-state index is -4.53. The maximum absolute atomic E-state index is 13.0. The predicted molar refractivity (Wildman–Crippen MR) is 131 cm³/mol. The van der Waals surface area contributed by atoms with Gasteiger partial charge in [-0.15, -0.1) is 0 Å². The average Bonchev–Trinajstić information content (AvgIpc) is 2.90. The minimum absolute atomic E-state index is 0.0875. The summed E-state index contributed by atoms with van der Waals surface area (Å²) < 4.78 is 39.1. The zero-order chi connectivity index (χ0) is 25.9. The number of para-hydroxylation sites is 1. The number of rotatable bonds is 7. The number of nitrogens with one attached hydrogen (secondary N) is 2. The highest BCUT2D eigenvalue weighted by Crippen LogP contribution is 2.32. The summed E-state index contributed by atoms with van der Waals surface area (Å²) in [6, 6.07) is 11.6. The van der Waals surface area contributed by atoms with E-state index < -0.39 is 11.9 Å². The first kappa shape index (κ1) is 25.0. The van der Waals surface area contributed by atoms with Gasteiger partial charge in [0.1, 0.15) is 17.8 Å². The lowest BCUT2D eigenvalue weighted by molar-refractivity contribution is -0.141. The molecule has 4 rings (SSSR count). The van der Waals surface area contributed by atoms with Crippen LogP contribution < -0.4 is 10.6 Å². The predicted octanol–water partition coefficient (Wildman–Crippen LogP) is 5.32. The summed E-state index contributed by atoms with van der Waals surface area (Å²) >= 11 is 0. The van der Waals surface area contributed by atoms with Crippen molar-refractivity contribution < 1.29 is 18.0 Å². The Morgan fingerprint density at radius 2 is 1.78 bits per heavy atom. The molecule has 1 amide bonds. The number of pyridine rings is 2. The number of hydrogen-bond donors (Lipinski definition) is 2. The second-order valence-corrected chi connectivity index (χ2v) is 8.54. The highest BCUT2D eigenvalue weighted by atomic mass is 19.4. The second-order valence-electron chi connectivity index (χ2n) is 8.54. The molecule has 0 aliphatic carbocycles. The Balaban J connectivity index is 1.52. The van der Waals surface area contributed by atoms with Crippen molar-refractivity contribution in [3.63, 3.8) is 0 Å². The standard InChI is InChI=1S/C26H25F3N6O/c1-15(16(2)18-5-4-6-19-20(25(36)30-3)8-10-32-24(18)19)13-33-23-12-21(34-14-35-23)17-7-9-31-22(11-17)26(27,28)29/h4-12,14-16H,13H2,1-3H3,(H,30,36)(H,33,34,35). The Morgan fingerprint density at radius 1 is 1.00 bits per heavy atom. The second kappa shape index (κ2) is 10.3. The molecule has 7 nitrogen and oxygen atoms in total. The van der Waals surface area contributed by atoms with Crippen LogP contribution in [0.2, 0.25) is 0 Å². The Kier molecular flexibility index (Phi) is 7.14. The van der Waals surface area contributed by atoms with E-state index >= 15 is 0 Å². The van der Waals surface area contributed by atoms with Gasteiger partial charge in [-0.2, -0.15) is 13.2 Å². The lowest BCUT2D eigenvalue weighted by Gasteiger charge is -2.22. The van der Waals surface area contributed by atoms with Crippen LogP contribution in [0.15, 0.2) is 61.2 Å². The lowest BCUT2D eigenvalue weighted by Crippen LogP contribution is -2.19. The molecule has 0 saturated carbocycles. The van der Waals surface area contributed by atoms with E-state index in [9.17, 15) is 18.0 Å². The SMILES string of the molecule is CNC(=O)c1ccnc2c(C(C)C(C)CNc3cc(-c4ccnc(C(F)(F)F)c4)ncn3)cccc12. The summed E-state index contributed by atoms with van der Waals surface area (Å²) in [5.74, 6) is 0.558. The van der Waals surface area contributed by atoms with Crippen molar-refractivity contribution in [2.75, 3.05) is 18.9 Å². The van der Waals surface area contributed by atoms with Crippen LogP contribution in [-0.2, 0) is 6.18 Å². The van der Waals surface area contributed by atoms with Crippen molar-refractivity contribution in [2.45, 2.75) is 25.9 Å². The van der Waals surface area contributed by atoms with Crippen LogP contribution in [0.3, 0.4) is 0 Å². The Hall–Kier alpha value is -4.08. The Labute approximate surface area is 206 Å². The molecule has 0 radical (unpaired) electrons. The van der Waals surface area contributed by atoms with E-state index in [-0.39, 0.29) is 17.7 Å². The Morgan fingerprint density at radius 3 is 2.53 bits per heavy atom. The highest BCUT2D eigenvalue weighted by Gasteiger charge is 2.32. The molecule has 0 fully saturated rings. The molecule has 186 valence electrons. The molecule has 36 heavy (non-hydrogen) atoms. The molecule has 0 saturated heterocycles. The maximum atomic E-state index is 13.0. The molecule has 2 unspecified atom stereocenters. The molecular formula is C26H25F3N6O. The molecule has 0 aliphatic heterocycles. The van der Waals surface area contributed by atoms with E-state index in [1.165, 1.54) is 12.4 Å². The van der Waals surface area contributed by atoms with Crippen LogP contribution in [0.4, 0.5) is 19.0 Å². The van der Waals surface area contributed by atoms with Gasteiger partial charge in [0.15, 0.2) is 0 Å². The number of anilines is 1. The van der Waals surface area contributed by atoms with Crippen LogP contribution in [-0.4, -0.2) is 39.4 Å². The number of carbonyl (C=O) groups is 1. The zero-order valence-electron chi connectivity index (χ0n) is 20.0. The van der Waals surface area contributed by atoms with E-state index in [0.29, 0.717) is 29.2 Å². The summed E-state index contributed by atoms with van der Waals surface area (Å²) in [6.45, 7) is 4.73. The van der Waals surface area contributed by atoms with Crippen molar-refractivity contribution in [3.05, 3.63) is 78.0 Å². The molecule has 0 spiro atoms. The molecule has 10 heteroatoms. The molecule has 2 atom stereocenters. The topological polar surface area (TPSA) is 92.7 Å². The number of fused-ring (bicyclic) bond motifs is 1. The van der Waals surface area contributed by atoms with Crippen molar-refractivity contribution >= 4 is 22.6 Å². The number of alkyl halides is 3. The third-order valence-electron chi connectivity index (χ3n) is 6.24. The van der Waals surface area contributed by atoms with Gasteiger partial charge in [-0.25, -0.2) is 9.97 Å². The third-order valence-corrected chi connectivity index (χ3v) is 6.24. The summed E-state index contributed by atoms with van der Waals surface area (Å²) in [5, 5.41) is 6.71. The van der Waals surface area contributed by atoms with Crippen molar-refractivity contribution in [3.8, 4) is 11.3 Å². The first-order valence-corrected chi connectivity index (χ1v) is 11.4. The van der Waals surface area contributed by atoms with Gasteiger partial charge in [-0.05, 0) is 35.6 Å². The van der Waals surface area contributed by atoms with E-state index in [1.807, 2.05) is 18.2 Å². The number of hydrogen-bond acceptors (Lipinski definition) is 6. The largest absolute Gasteiger partial charge is 0.433 e. The van der Waals surface area contributed by atoms with Gasteiger partial charge in [0, 0.05) is 43.0 Å². The fourth-order valence-electron chi connectivity index (χ4n) is 4.00. The maximum Gasteiger partial charge on any atom is 0.433 e. The third kappa shape index (κ3) is 5.27. The van der Waals surface area contributed by atoms with Gasteiger partial charge in [0.05, 0.1) is 16.8 Å². The smallest absolute Gasteiger partial charge is 0.370 e. The van der Waals surface area contributed by atoms with Gasteiger partial charge in [0.25, 0.3) is 5.91 Å². The summed E-state index contributed by atoms with van der Waals surface area (Å²) in [6.07, 6.45) is -0.468. The van der Waals surface area contributed by atoms with Crippen LogP contribution >= 0.6 is 0 Å². The first-order chi connectivity index (χ1) is 17.2. The van der Waals surface area contributed by atoms with E-state index in [4.69, 9.17) is 0 Å². The van der Waals surface area contributed by atoms with Gasteiger partial charge in [-0.1, -0.05) is 32.0 Å². The number of aromatic nitrogens is 4. The van der Waals surface area contributed by atoms with Crippen LogP contribution in [0.5, 0.6) is 0 Å². The van der Waals surface area contributed by atoms with Gasteiger partial charge >= 0.3 is 6.18 Å². The van der Waals surface area contributed by atoms with Crippen molar-refractivity contribution in [1.82, 2.24) is 25.3 Å². The molecular weight excluding hydrogens is 469 g/mol. The normalized spacial score (nSPS) is 13.3. The quantitative estimate of drug-likeness (QED) is 0.361. The van der Waals surface area contributed by atoms with E-state index in [1.54, 1.807) is 25.4 Å². The number of halogens is 3. The fourth-order valence-corrected chi connectivity index (χ4v) is 4.00.